The molecule has 0 spiro atoms. The van der Waals surface area contributed by atoms with Gasteiger partial charge in [-0.1, -0.05) is 36.4 Å². The number of benzene rings is 2. The zero-order chi connectivity index (χ0) is 13.8. The van der Waals surface area contributed by atoms with Gasteiger partial charge in [-0.2, -0.15) is 5.26 Å². The van der Waals surface area contributed by atoms with Gasteiger partial charge in [0.25, 0.3) is 5.91 Å². The zero-order valence-electron chi connectivity index (χ0n) is 11.1. The SMILES string of the molecule is CC(CC#N)N(C)C(=O)c1cccc2ccccc12. The van der Waals surface area contributed by atoms with Gasteiger partial charge in [0.15, 0.2) is 0 Å². The van der Waals surface area contributed by atoms with Gasteiger partial charge in [-0.25, -0.2) is 0 Å². The average Bonchev–Trinajstić information content (AvgIpc) is 2.45. The molecule has 3 nitrogen and oxygen atoms in total. The van der Waals surface area contributed by atoms with E-state index in [4.69, 9.17) is 5.26 Å². The molecule has 0 saturated heterocycles. The van der Waals surface area contributed by atoms with Crippen molar-refractivity contribution in [2.45, 2.75) is 19.4 Å². The number of hydrogen-bond acceptors (Lipinski definition) is 2. The number of nitriles is 1. The summed E-state index contributed by atoms with van der Waals surface area (Å²) in [5.41, 5.74) is 0.686. The van der Waals surface area contributed by atoms with Gasteiger partial charge in [-0.15, -0.1) is 0 Å². The summed E-state index contributed by atoms with van der Waals surface area (Å²) < 4.78 is 0. The van der Waals surface area contributed by atoms with E-state index in [1.54, 1.807) is 11.9 Å². The molecule has 1 amide bonds. The molecular weight excluding hydrogens is 236 g/mol. The van der Waals surface area contributed by atoms with Crippen molar-refractivity contribution in [3.8, 4) is 6.07 Å². The van der Waals surface area contributed by atoms with Crippen LogP contribution in [0.2, 0.25) is 0 Å². The van der Waals surface area contributed by atoms with E-state index in [0.717, 1.165) is 10.8 Å². The van der Waals surface area contributed by atoms with E-state index in [0.29, 0.717) is 12.0 Å². The third-order valence-electron chi connectivity index (χ3n) is 3.39. The molecule has 19 heavy (non-hydrogen) atoms. The van der Waals surface area contributed by atoms with E-state index in [1.165, 1.54) is 0 Å². The highest BCUT2D eigenvalue weighted by molar-refractivity contribution is 6.07. The van der Waals surface area contributed by atoms with Crippen molar-refractivity contribution in [2.75, 3.05) is 7.05 Å². The molecule has 0 aromatic heterocycles. The van der Waals surface area contributed by atoms with Crippen LogP contribution in [0.15, 0.2) is 42.5 Å². The Morgan fingerprint density at radius 2 is 1.95 bits per heavy atom. The van der Waals surface area contributed by atoms with Crippen molar-refractivity contribution in [1.82, 2.24) is 4.90 Å². The van der Waals surface area contributed by atoms with Gasteiger partial charge in [-0.3, -0.25) is 4.79 Å². The van der Waals surface area contributed by atoms with Crippen LogP contribution < -0.4 is 0 Å². The topological polar surface area (TPSA) is 44.1 Å². The van der Waals surface area contributed by atoms with Crippen LogP contribution in [0.1, 0.15) is 23.7 Å². The quantitative estimate of drug-likeness (QED) is 0.841. The van der Waals surface area contributed by atoms with Crippen LogP contribution in [-0.4, -0.2) is 23.9 Å². The molecule has 0 fully saturated rings. The van der Waals surface area contributed by atoms with Gasteiger partial charge in [0.1, 0.15) is 0 Å². The largest absolute Gasteiger partial charge is 0.338 e. The van der Waals surface area contributed by atoms with E-state index in [2.05, 4.69) is 6.07 Å². The van der Waals surface area contributed by atoms with Crippen LogP contribution in [0.4, 0.5) is 0 Å². The van der Waals surface area contributed by atoms with Crippen molar-refractivity contribution in [3.63, 3.8) is 0 Å². The number of rotatable bonds is 3. The number of amides is 1. The maximum atomic E-state index is 12.5. The molecule has 0 N–H and O–H groups in total. The Balaban J connectivity index is 2.39. The van der Waals surface area contributed by atoms with Crippen LogP contribution >= 0.6 is 0 Å². The van der Waals surface area contributed by atoms with E-state index < -0.39 is 0 Å². The van der Waals surface area contributed by atoms with Gasteiger partial charge in [0, 0.05) is 18.7 Å². The van der Waals surface area contributed by atoms with Crippen molar-refractivity contribution >= 4 is 16.7 Å². The van der Waals surface area contributed by atoms with E-state index >= 15 is 0 Å². The fourth-order valence-corrected chi connectivity index (χ4v) is 2.07. The van der Waals surface area contributed by atoms with E-state index in [-0.39, 0.29) is 11.9 Å². The first kappa shape index (κ1) is 13.1. The molecule has 1 atom stereocenters. The number of carbonyl (C=O) groups excluding carboxylic acids is 1. The Bertz CT molecular complexity index is 637. The van der Waals surface area contributed by atoms with Crippen molar-refractivity contribution in [1.29, 1.82) is 5.26 Å². The number of fused-ring (bicyclic) bond motifs is 1. The highest BCUT2D eigenvalue weighted by atomic mass is 16.2. The third kappa shape index (κ3) is 2.58. The predicted octanol–water partition coefficient (Wildman–Crippen LogP) is 3.21. The molecule has 0 bridgehead atoms. The molecule has 0 aliphatic rings. The summed E-state index contributed by atoms with van der Waals surface area (Å²) in [4.78, 5) is 14.1. The molecule has 2 aromatic rings. The maximum Gasteiger partial charge on any atom is 0.254 e. The Hall–Kier alpha value is -2.34. The summed E-state index contributed by atoms with van der Waals surface area (Å²) in [6.45, 7) is 1.88. The molecule has 3 heteroatoms. The molecule has 2 rings (SSSR count). The molecule has 0 heterocycles. The lowest BCUT2D eigenvalue weighted by molar-refractivity contribution is 0.0748. The smallest absolute Gasteiger partial charge is 0.254 e. The summed E-state index contributed by atoms with van der Waals surface area (Å²) in [6, 6.07) is 15.5. The number of carbonyl (C=O) groups is 1. The van der Waals surface area contributed by atoms with Crippen LogP contribution in [0, 0.1) is 11.3 Å². The van der Waals surface area contributed by atoms with Crippen molar-refractivity contribution in [3.05, 3.63) is 48.0 Å². The molecule has 96 valence electrons. The Kier molecular flexibility index (Phi) is 3.82. The minimum Gasteiger partial charge on any atom is -0.338 e. The van der Waals surface area contributed by atoms with Gasteiger partial charge in [-0.05, 0) is 23.8 Å². The predicted molar refractivity (Wildman–Crippen MR) is 75.7 cm³/mol. The maximum absolute atomic E-state index is 12.5. The Labute approximate surface area is 113 Å². The Morgan fingerprint density at radius 1 is 1.26 bits per heavy atom. The van der Waals surface area contributed by atoms with Gasteiger partial charge >= 0.3 is 0 Å². The minimum absolute atomic E-state index is 0.0421. The van der Waals surface area contributed by atoms with Crippen LogP contribution in [-0.2, 0) is 0 Å². The van der Waals surface area contributed by atoms with Gasteiger partial charge in [0.2, 0.25) is 0 Å². The first-order valence-electron chi connectivity index (χ1n) is 6.27. The first-order chi connectivity index (χ1) is 9.15. The molecule has 0 saturated carbocycles. The normalized spacial score (nSPS) is 11.8. The standard InChI is InChI=1S/C16H16N2O/c1-12(10-11-17)18(2)16(19)15-9-5-7-13-6-3-4-8-14(13)15/h3-9,12H,10H2,1-2H3. The number of hydrogen-bond donors (Lipinski definition) is 0. The summed E-state index contributed by atoms with van der Waals surface area (Å²) >= 11 is 0. The monoisotopic (exact) mass is 252 g/mol. The van der Waals surface area contributed by atoms with E-state index in [9.17, 15) is 4.79 Å². The third-order valence-corrected chi connectivity index (χ3v) is 3.39. The molecular formula is C16H16N2O. The lowest BCUT2D eigenvalue weighted by Crippen LogP contribution is -2.34. The Morgan fingerprint density at radius 3 is 2.68 bits per heavy atom. The van der Waals surface area contributed by atoms with Crippen LogP contribution in [0.5, 0.6) is 0 Å². The molecule has 2 aromatic carbocycles. The molecule has 0 aliphatic heterocycles. The summed E-state index contributed by atoms with van der Waals surface area (Å²) in [6.07, 6.45) is 0.340. The summed E-state index contributed by atoms with van der Waals surface area (Å²) in [5.74, 6) is -0.0421. The second-order valence-electron chi connectivity index (χ2n) is 4.65. The second-order valence-corrected chi connectivity index (χ2v) is 4.65. The first-order valence-corrected chi connectivity index (χ1v) is 6.27. The van der Waals surface area contributed by atoms with Crippen molar-refractivity contribution in [2.24, 2.45) is 0 Å². The lowest BCUT2D eigenvalue weighted by Gasteiger charge is -2.23. The van der Waals surface area contributed by atoms with Gasteiger partial charge in [0.05, 0.1) is 12.5 Å². The highest BCUT2D eigenvalue weighted by Crippen LogP contribution is 2.20. The van der Waals surface area contributed by atoms with Gasteiger partial charge < -0.3 is 4.90 Å². The summed E-state index contributed by atoms with van der Waals surface area (Å²) in [5, 5.41) is 10.7. The minimum atomic E-state index is -0.0866. The number of nitrogens with zero attached hydrogens (tertiary/aromatic N) is 2. The second kappa shape index (κ2) is 5.53. The summed E-state index contributed by atoms with van der Waals surface area (Å²) in [7, 11) is 1.74. The zero-order valence-corrected chi connectivity index (χ0v) is 11.1. The van der Waals surface area contributed by atoms with E-state index in [1.807, 2.05) is 49.4 Å². The van der Waals surface area contributed by atoms with Crippen molar-refractivity contribution < 1.29 is 4.79 Å². The molecule has 0 radical (unpaired) electrons. The fourth-order valence-electron chi connectivity index (χ4n) is 2.07. The molecule has 1 unspecified atom stereocenters. The fraction of sp³-hybridized carbons (Fsp3) is 0.250. The van der Waals surface area contributed by atoms with Crippen LogP contribution in [0.25, 0.3) is 10.8 Å². The molecule has 0 aliphatic carbocycles. The highest BCUT2D eigenvalue weighted by Gasteiger charge is 2.18. The van der Waals surface area contributed by atoms with Crippen LogP contribution in [0.3, 0.4) is 0 Å². The lowest BCUT2D eigenvalue weighted by atomic mass is 10.0. The average molecular weight is 252 g/mol.